The number of anilines is 1. The molecule has 3 N–H and O–H groups in total. The van der Waals surface area contributed by atoms with Gasteiger partial charge in [-0.2, -0.15) is 0 Å². The molecular formula is C18H20N2O3S2. The van der Waals surface area contributed by atoms with E-state index in [1.54, 1.807) is 12.1 Å². The third-order valence-electron chi connectivity index (χ3n) is 4.28. The largest absolute Gasteiger partial charge is 0.382 e. The van der Waals surface area contributed by atoms with Crippen molar-refractivity contribution in [2.45, 2.75) is 23.3 Å². The van der Waals surface area contributed by atoms with Gasteiger partial charge in [0.1, 0.15) is 5.60 Å². The number of para-hydroxylation sites is 1. The van der Waals surface area contributed by atoms with E-state index in [4.69, 9.17) is 0 Å². The van der Waals surface area contributed by atoms with E-state index >= 15 is 0 Å². The summed E-state index contributed by atoms with van der Waals surface area (Å²) in [6, 6.07) is 11.0. The molecule has 0 spiro atoms. The van der Waals surface area contributed by atoms with Crippen LogP contribution in [0.5, 0.6) is 0 Å². The fourth-order valence-corrected chi connectivity index (χ4v) is 4.20. The molecule has 7 heteroatoms. The first-order chi connectivity index (χ1) is 12.0. The Hall–Kier alpha value is -1.83. The molecule has 1 aromatic heterocycles. The summed E-state index contributed by atoms with van der Waals surface area (Å²) in [5, 5.41) is 18.1. The number of aliphatic hydroxyl groups is 1. The summed E-state index contributed by atoms with van der Waals surface area (Å²) < 4.78 is 0. The number of thioether (sulfide) groups is 1. The average molecular weight is 377 g/mol. The molecule has 5 nitrogen and oxygen atoms in total. The maximum absolute atomic E-state index is 12.2. The molecule has 2 amide bonds. The van der Waals surface area contributed by atoms with Crippen LogP contribution in [0, 0.1) is 5.92 Å². The van der Waals surface area contributed by atoms with Crippen molar-refractivity contribution >= 4 is 40.6 Å². The normalized spacial score (nSPS) is 16.1. The number of thiophene rings is 1. The summed E-state index contributed by atoms with van der Waals surface area (Å²) in [6.45, 7) is 0.0363. The topological polar surface area (TPSA) is 78.4 Å². The Bertz CT molecular complexity index is 759. The molecular weight excluding hydrogens is 356 g/mol. The lowest BCUT2D eigenvalue weighted by molar-refractivity contribution is -0.137. The van der Waals surface area contributed by atoms with Crippen LogP contribution in [0.4, 0.5) is 5.69 Å². The van der Waals surface area contributed by atoms with Gasteiger partial charge in [-0.05, 0) is 48.6 Å². The van der Waals surface area contributed by atoms with Crippen LogP contribution in [-0.2, 0) is 15.2 Å². The van der Waals surface area contributed by atoms with Gasteiger partial charge in [0.25, 0.3) is 0 Å². The number of rotatable bonds is 6. The summed E-state index contributed by atoms with van der Waals surface area (Å²) in [5.74, 6) is -1.34. The monoisotopic (exact) mass is 376 g/mol. The molecule has 1 aromatic carbocycles. The number of nitrogens with one attached hydrogen (secondary N) is 2. The third kappa shape index (κ3) is 4.05. The first-order valence-corrected chi connectivity index (χ1v) is 10.1. The molecule has 2 aromatic rings. The van der Waals surface area contributed by atoms with E-state index in [0.29, 0.717) is 5.69 Å². The van der Waals surface area contributed by atoms with Crippen molar-refractivity contribution in [3.63, 3.8) is 0 Å². The molecule has 25 heavy (non-hydrogen) atoms. The van der Waals surface area contributed by atoms with E-state index in [2.05, 4.69) is 10.6 Å². The van der Waals surface area contributed by atoms with Crippen molar-refractivity contribution in [1.82, 2.24) is 5.32 Å². The third-order valence-corrected chi connectivity index (χ3v) is 6.11. The second kappa shape index (κ2) is 7.59. The number of carbonyl (C=O) groups is 2. The first-order valence-electron chi connectivity index (χ1n) is 8.03. The maximum Gasteiger partial charge on any atom is 0.313 e. The quantitative estimate of drug-likeness (QED) is 0.535. The Morgan fingerprint density at radius 2 is 2.00 bits per heavy atom. The van der Waals surface area contributed by atoms with Crippen LogP contribution in [0.25, 0.3) is 0 Å². The smallest absolute Gasteiger partial charge is 0.313 e. The Kier molecular flexibility index (Phi) is 5.46. The molecule has 0 bridgehead atoms. The molecule has 1 fully saturated rings. The van der Waals surface area contributed by atoms with Gasteiger partial charge in [-0.25, -0.2) is 0 Å². The Morgan fingerprint density at radius 1 is 1.24 bits per heavy atom. The second-order valence-electron chi connectivity index (χ2n) is 6.01. The number of amides is 2. The fraction of sp³-hybridized carbons (Fsp3) is 0.333. The predicted molar refractivity (Wildman–Crippen MR) is 101 cm³/mol. The molecule has 0 unspecified atom stereocenters. The van der Waals surface area contributed by atoms with Gasteiger partial charge in [0.15, 0.2) is 0 Å². The minimum absolute atomic E-state index is 0.0363. The number of carbonyl (C=O) groups excluding carboxylic acids is 2. The highest BCUT2D eigenvalue weighted by Crippen LogP contribution is 2.46. The average Bonchev–Trinajstić information content (AvgIpc) is 3.34. The van der Waals surface area contributed by atoms with E-state index in [-0.39, 0.29) is 12.5 Å². The zero-order valence-corrected chi connectivity index (χ0v) is 15.5. The second-order valence-corrected chi connectivity index (χ2v) is 7.81. The number of benzene rings is 1. The van der Waals surface area contributed by atoms with Crippen molar-refractivity contribution < 1.29 is 14.7 Å². The summed E-state index contributed by atoms with van der Waals surface area (Å²) in [5.41, 5.74) is -0.493. The van der Waals surface area contributed by atoms with Gasteiger partial charge in [-0.1, -0.05) is 18.2 Å². The van der Waals surface area contributed by atoms with E-state index < -0.39 is 17.4 Å². The Labute approximate surface area is 154 Å². The van der Waals surface area contributed by atoms with Gasteiger partial charge in [-0.3, -0.25) is 9.59 Å². The minimum Gasteiger partial charge on any atom is -0.382 e. The lowest BCUT2D eigenvalue weighted by atomic mass is 9.95. The van der Waals surface area contributed by atoms with Crippen molar-refractivity contribution in [3.8, 4) is 0 Å². The maximum atomic E-state index is 12.2. The van der Waals surface area contributed by atoms with E-state index in [0.717, 1.165) is 22.6 Å². The zero-order valence-electron chi connectivity index (χ0n) is 13.8. The predicted octanol–water partition coefficient (Wildman–Crippen LogP) is 2.82. The molecule has 1 aliphatic carbocycles. The van der Waals surface area contributed by atoms with Gasteiger partial charge >= 0.3 is 11.8 Å². The van der Waals surface area contributed by atoms with Crippen LogP contribution in [0.15, 0.2) is 46.7 Å². The molecule has 3 rings (SSSR count). The van der Waals surface area contributed by atoms with Crippen molar-refractivity contribution in [2.75, 3.05) is 18.1 Å². The van der Waals surface area contributed by atoms with Crippen molar-refractivity contribution in [1.29, 1.82) is 0 Å². The highest BCUT2D eigenvalue weighted by atomic mass is 32.2. The molecule has 0 saturated heterocycles. The fourth-order valence-electron chi connectivity index (χ4n) is 2.74. The Balaban J connectivity index is 1.62. The molecule has 1 heterocycles. The molecule has 0 aliphatic heterocycles. The first kappa shape index (κ1) is 18.0. The summed E-state index contributed by atoms with van der Waals surface area (Å²) in [4.78, 5) is 26.0. The standard InChI is InChI=1S/C18H20N2O3S2/c1-24-14-6-3-2-5-13(14)20-17(22)16(21)19-11-18(23,12-8-9-12)15-7-4-10-25-15/h2-7,10,12,23H,8-9,11H2,1H3,(H,19,21)(H,20,22)/t18-/m1/s1. The van der Waals surface area contributed by atoms with Gasteiger partial charge in [0.05, 0.1) is 12.2 Å². The molecule has 132 valence electrons. The lowest BCUT2D eigenvalue weighted by Gasteiger charge is -2.27. The highest BCUT2D eigenvalue weighted by molar-refractivity contribution is 7.98. The summed E-state index contributed by atoms with van der Waals surface area (Å²) in [6.07, 6.45) is 3.76. The Morgan fingerprint density at radius 3 is 2.64 bits per heavy atom. The molecule has 1 atom stereocenters. The summed E-state index contributed by atoms with van der Waals surface area (Å²) in [7, 11) is 0. The van der Waals surface area contributed by atoms with Crippen LogP contribution in [0.2, 0.25) is 0 Å². The van der Waals surface area contributed by atoms with E-state index in [1.165, 1.54) is 23.1 Å². The van der Waals surface area contributed by atoms with Crippen LogP contribution in [0.3, 0.4) is 0 Å². The summed E-state index contributed by atoms with van der Waals surface area (Å²) >= 11 is 2.95. The number of hydrogen-bond acceptors (Lipinski definition) is 5. The lowest BCUT2D eigenvalue weighted by Crippen LogP contribution is -2.45. The highest BCUT2D eigenvalue weighted by Gasteiger charge is 2.46. The van der Waals surface area contributed by atoms with Gasteiger partial charge in [-0.15, -0.1) is 23.1 Å². The van der Waals surface area contributed by atoms with Crippen LogP contribution in [0.1, 0.15) is 17.7 Å². The van der Waals surface area contributed by atoms with Gasteiger partial charge < -0.3 is 15.7 Å². The van der Waals surface area contributed by atoms with E-state index in [1.807, 2.05) is 35.9 Å². The SMILES string of the molecule is CSc1ccccc1NC(=O)C(=O)NC[C@](O)(c1cccs1)C1CC1. The van der Waals surface area contributed by atoms with Crippen LogP contribution < -0.4 is 10.6 Å². The van der Waals surface area contributed by atoms with Gasteiger partial charge in [0, 0.05) is 9.77 Å². The van der Waals surface area contributed by atoms with E-state index in [9.17, 15) is 14.7 Å². The number of hydrogen-bond donors (Lipinski definition) is 3. The molecule has 1 aliphatic rings. The van der Waals surface area contributed by atoms with Crippen LogP contribution >= 0.6 is 23.1 Å². The van der Waals surface area contributed by atoms with Crippen molar-refractivity contribution in [3.05, 3.63) is 46.7 Å². The molecule has 0 radical (unpaired) electrons. The minimum atomic E-state index is -1.10. The molecule has 1 saturated carbocycles. The van der Waals surface area contributed by atoms with Crippen LogP contribution in [-0.4, -0.2) is 29.7 Å². The van der Waals surface area contributed by atoms with Crippen molar-refractivity contribution in [2.24, 2.45) is 5.92 Å². The van der Waals surface area contributed by atoms with Gasteiger partial charge in [0.2, 0.25) is 0 Å². The zero-order chi connectivity index (χ0) is 17.9.